The third kappa shape index (κ3) is 8.86. The normalized spacial score (nSPS) is 11.2. The van der Waals surface area contributed by atoms with Gasteiger partial charge in [-0.1, -0.05) is 54.6 Å². The average molecular weight is 834 g/mol. The van der Waals surface area contributed by atoms with E-state index in [1.54, 1.807) is 12.4 Å². The summed E-state index contributed by atoms with van der Waals surface area (Å²) < 4.78 is 0. The minimum atomic E-state index is 0.548. The van der Waals surface area contributed by atoms with Crippen LogP contribution in [0.1, 0.15) is 33.6 Å². The van der Waals surface area contributed by atoms with Crippen molar-refractivity contribution in [2.24, 2.45) is 0 Å². The Morgan fingerprint density at radius 3 is 2.16 bits per heavy atom. The monoisotopic (exact) mass is 833 g/mol. The number of fused-ring (bicyclic) bond motifs is 2. The molecule has 310 valence electrons. The second-order valence-corrected chi connectivity index (χ2v) is 15.8. The molecule has 8 aromatic heterocycles. The molecule has 0 atom stereocenters. The van der Waals surface area contributed by atoms with Crippen LogP contribution >= 0.6 is 0 Å². The molecular weight excluding hydrogens is 791 g/mol. The lowest BCUT2D eigenvalue weighted by Crippen LogP contribution is -2.04. The minimum Gasteiger partial charge on any atom is -0.365 e. The fourth-order valence-electron chi connectivity index (χ4n) is 7.95. The van der Waals surface area contributed by atoms with Gasteiger partial charge in [0, 0.05) is 102 Å². The summed E-state index contributed by atoms with van der Waals surface area (Å²) in [6.45, 7) is 5.25. The van der Waals surface area contributed by atoms with Crippen LogP contribution in [0, 0.1) is 13.8 Å². The van der Waals surface area contributed by atoms with Crippen LogP contribution < -0.4 is 10.6 Å². The van der Waals surface area contributed by atoms with Crippen molar-refractivity contribution in [3.63, 3.8) is 0 Å². The third-order valence-electron chi connectivity index (χ3n) is 11.3. The van der Waals surface area contributed by atoms with Crippen LogP contribution in [0.5, 0.6) is 0 Å². The van der Waals surface area contributed by atoms with Crippen LogP contribution in [0.15, 0.2) is 165 Å². The van der Waals surface area contributed by atoms with E-state index in [1.165, 1.54) is 0 Å². The number of nitrogens with one attached hydrogen (secondary N) is 2. The van der Waals surface area contributed by atoms with E-state index in [-0.39, 0.29) is 0 Å². The number of aromatic nitrogens is 9. The fourth-order valence-corrected chi connectivity index (χ4v) is 7.95. The van der Waals surface area contributed by atoms with Gasteiger partial charge in [-0.3, -0.25) is 24.9 Å². The van der Waals surface area contributed by atoms with Gasteiger partial charge < -0.3 is 10.6 Å². The smallest absolute Gasteiger partial charge is 0.154 e. The van der Waals surface area contributed by atoms with Crippen molar-refractivity contribution in [1.29, 1.82) is 0 Å². The molecule has 10 aromatic rings. The Kier molecular flexibility index (Phi) is 11.2. The maximum Gasteiger partial charge on any atom is 0.154 e. The van der Waals surface area contributed by atoms with Crippen LogP contribution in [0.2, 0.25) is 0 Å². The zero-order valence-electron chi connectivity index (χ0n) is 35.4. The molecule has 0 aliphatic rings. The summed E-state index contributed by atoms with van der Waals surface area (Å²) in [5.41, 5.74) is 15.9. The summed E-state index contributed by atoms with van der Waals surface area (Å²) in [7, 11) is 0. The summed E-state index contributed by atoms with van der Waals surface area (Å²) in [6.07, 6.45) is 18.4. The molecule has 8 heterocycles. The van der Waals surface area contributed by atoms with Crippen molar-refractivity contribution < 1.29 is 0 Å². The summed E-state index contributed by atoms with van der Waals surface area (Å²) in [6, 6.07) is 37.2. The summed E-state index contributed by atoms with van der Waals surface area (Å²) in [5, 5.41) is 9.14. The first-order valence-corrected chi connectivity index (χ1v) is 21.3. The number of pyridine rings is 7. The molecule has 11 heteroatoms. The molecule has 10 rings (SSSR count). The molecule has 0 aliphatic heterocycles. The molecule has 0 unspecified atom stereocenters. The Balaban J connectivity index is 0.763. The van der Waals surface area contributed by atoms with Crippen molar-refractivity contribution >= 4 is 33.4 Å². The molecule has 0 saturated carbocycles. The second-order valence-electron chi connectivity index (χ2n) is 15.8. The summed E-state index contributed by atoms with van der Waals surface area (Å²) >= 11 is 0. The number of anilines is 2. The highest BCUT2D eigenvalue weighted by Gasteiger charge is 2.12. The quantitative estimate of drug-likeness (QED) is 0.115. The van der Waals surface area contributed by atoms with E-state index in [9.17, 15) is 0 Å². The van der Waals surface area contributed by atoms with Crippen LogP contribution in [0.4, 0.5) is 11.6 Å². The van der Waals surface area contributed by atoms with Gasteiger partial charge in [0.25, 0.3) is 0 Å². The van der Waals surface area contributed by atoms with E-state index in [0.29, 0.717) is 18.9 Å². The van der Waals surface area contributed by atoms with E-state index < -0.39 is 0 Å². The van der Waals surface area contributed by atoms with Gasteiger partial charge in [-0.05, 0) is 114 Å². The lowest BCUT2D eigenvalue weighted by Gasteiger charge is -2.12. The van der Waals surface area contributed by atoms with Gasteiger partial charge in [-0.2, -0.15) is 0 Å². The van der Waals surface area contributed by atoms with Gasteiger partial charge in [-0.25, -0.2) is 19.9 Å². The Hall–Kier alpha value is -8.31. The zero-order valence-corrected chi connectivity index (χ0v) is 35.4. The molecule has 2 N–H and O–H groups in total. The first-order valence-electron chi connectivity index (χ1n) is 21.3. The number of hydrogen-bond acceptors (Lipinski definition) is 11. The first-order chi connectivity index (χ1) is 31.5. The topological polar surface area (TPSA) is 140 Å². The Morgan fingerprint density at radius 2 is 1.28 bits per heavy atom. The molecule has 0 spiro atoms. The van der Waals surface area contributed by atoms with Crippen molar-refractivity contribution in [2.75, 3.05) is 10.6 Å². The number of rotatable bonds is 13. The SMILES string of the molecule is Cc1cc(-c2ncc(CNc3nccc4cc(-c5cncc(CCc6cc(-c7ccc(CNc8nccc9nc(-c%10ccccc%10)cnc89)cn7)ccn6)c5)ccc34)cc2C)ccn1. The number of hydrogen-bond donors (Lipinski definition) is 2. The number of aryl methyl sites for hydroxylation is 4. The Labute approximate surface area is 370 Å². The molecule has 64 heavy (non-hydrogen) atoms. The van der Waals surface area contributed by atoms with Gasteiger partial charge in [0.2, 0.25) is 0 Å². The lowest BCUT2D eigenvalue weighted by atomic mass is 10.0. The molecule has 2 aromatic carbocycles. The minimum absolute atomic E-state index is 0.548. The Morgan fingerprint density at radius 1 is 0.469 bits per heavy atom. The summed E-state index contributed by atoms with van der Waals surface area (Å²) in [4.78, 5) is 42.0. The molecule has 0 bridgehead atoms. The van der Waals surface area contributed by atoms with Gasteiger partial charge in [-0.15, -0.1) is 0 Å². The maximum atomic E-state index is 4.82. The highest BCUT2D eigenvalue weighted by Crippen LogP contribution is 2.30. The predicted molar refractivity (Wildman–Crippen MR) is 254 cm³/mol. The van der Waals surface area contributed by atoms with Crippen LogP contribution in [-0.2, 0) is 25.9 Å². The predicted octanol–water partition coefficient (Wildman–Crippen LogP) is 10.8. The fraction of sp³-hybridized carbons (Fsp3) is 0.113. The number of benzene rings is 2. The summed E-state index contributed by atoms with van der Waals surface area (Å²) in [5.74, 6) is 1.52. The number of nitrogens with zero attached hydrogens (tertiary/aromatic N) is 9. The van der Waals surface area contributed by atoms with E-state index in [1.807, 2.05) is 105 Å². The molecule has 0 fully saturated rings. The van der Waals surface area contributed by atoms with Crippen molar-refractivity contribution in [1.82, 2.24) is 44.9 Å². The van der Waals surface area contributed by atoms with Crippen LogP contribution in [-0.4, -0.2) is 44.9 Å². The van der Waals surface area contributed by atoms with Gasteiger partial charge >= 0.3 is 0 Å². The van der Waals surface area contributed by atoms with E-state index in [0.717, 1.165) is 119 Å². The molecule has 0 saturated heterocycles. The van der Waals surface area contributed by atoms with Gasteiger partial charge in [0.1, 0.15) is 11.3 Å². The van der Waals surface area contributed by atoms with E-state index in [4.69, 9.17) is 24.9 Å². The third-order valence-corrected chi connectivity index (χ3v) is 11.3. The highest BCUT2D eigenvalue weighted by molar-refractivity contribution is 5.94. The van der Waals surface area contributed by atoms with Crippen LogP contribution in [0.3, 0.4) is 0 Å². The van der Waals surface area contributed by atoms with Crippen molar-refractivity contribution in [3.8, 4) is 44.9 Å². The molecular formula is C53H43N11. The van der Waals surface area contributed by atoms with Crippen molar-refractivity contribution in [2.45, 2.75) is 39.8 Å². The van der Waals surface area contributed by atoms with Gasteiger partial charge in [0.15, 0.2) is 5.82 Å². The molecule has 0 radical (unpaired) electrons. The maximum absolute atomic E-state index is 4.82. The van der Waals surface area contributed by atoms with E-state index >= 15 is 0 Å². The molecule has 0 aliphatic carbocycles. The van der Waals surface area contributed by atoms with Gasteiger partial charge in [0.05, 0.1) is 28.8 Å². The molecule has 11 nitrogen and oxygen atoms in total. The van der Waals surface area contributed by atoms with E-state index in [2.05, 4.69) is 92.1 Å². The largest absolute Gasteiger partial charge is 0.365 e. The second kappa shape index (κ2) is 18.0. The average Bonchev–Trinajstić information content (AvgIpc) is 3.34. The lowest BCUT2D eigenvalue weighted by molar-refractivity contribution is 0.908. The standard InChI is InChI=1S/C53H43N11/c1-34-22-38(30-60-50(34)43-16-18-55-35(2)23-43)31-62-52-46-12-10-40(25-41(46)14-20-57-52)44-24-36(27-54-32-44)8-11-45-26-42(15-19-56-45)47-13-9-37(28-59-47)29-63-53-51-48(17-21-58-53)64-49(33-61-51)39-6-4-3-5-7-39/h3-7,9-10,12-28,30,32-33H,8,11,29,31H2,1-2H3,(H,57,62)(H,58,63). The van der Waals surface area contributed by atoms with Crippen LogP contribution in [0.25, 0.3) is 66.7 Å². The first kappa shape index (κ1) is 39.8. The van der Waals surface area contributed by atoms with Crippen molar-refractivity contribution in [3.05, 3.63) is 199 Å². The highest BCUT2D eigenvalue weighted by atomic mass is 15.0. The zero-order chi connectivity index (χ0) is 43.2. The molecule has 0 amide bonds. The Bertz CT molecular complexity index is 3260.